The van der Waals surface area contributed by atoms with Gasteiger partial charge in [-0.2, -0.15) is 11.8 Å². The van der Waals surface area contributed by atoms with E-state index in [4.69, 9.17) is 10.9 Å². The second kappa shape index (κ2) is 5.46. The zero-order valence-corrected chi connectivity index (χ0v) is 9.55. The molecular weight excluding hydrogens is 198 g/mol. The molecule has 1 aliphatic carbocycles. The van der Waals surface area contributed by atoms with Crippen molar-refractivity contribution in [2.24, 2.45) is 10.9 Å². The molecule has 1 saturated carbocycles. The molecule has 82 valence electrons. The monoisotopic (exact) mass is 217 g/mol. The van der Waals surface area contributed by atoms with Crippen LogP contribution in [0.15, 0.2) is 5.16 Å². The highest BCUT2D eigenvalue weighted by molar-refractivity contribution is 7.99. The number of hydrogen-bond donors (Lipinski definition) is 3. The summed E-state index contributed by atoms with van der Waals surface area (Å²) in [7, 11) is 0. The highest BCUT2D eigenvalue weighted by Crippen LogP contribution is 2.28. The molecule has 0 saturated heterocycles. The summed E-state index contributed by atoms with van der Waals surface area (Å²) in [5.74, 6) is 0.261. The van der Waals surface area contributed by atoms with Crippen LogP contribution in [0.4, 0.5) is 0 Å². The van der Waals surface area contributed by atoms with Gasteiger partial charge in [0.1, 0.15) is 0 Å². The third-order valence-corrected chi connectivity index (χ3v) is 3.95. The Kier molecular flexibility index (Phi) is 4.54. The van der Waals surface area contributed by atoms with Gasteiger partial charge in [-0.1, -0.05) is 11.6 Å². The lowest BCUT2D eigenvalue weighted by Gasteiger charge is -2.23. The summed E-state index contributed by atoms with van der Waals surface area (Å²) in [4.78, 5) is 0. The molecule has 0 spiro atoms. The van der Waals surface area contributed by atoms with Crippen molar-refractivity contribution in [2.75, 3.05) is 6.26 Å². The molecule has 1 fully saturated rings. The quantitative estimate of drug-likeness (QED) is 0.284. The van der Waals surface area contributed by atoms with Crippen LogP contribution in [-0.4, -0.2) is 34.6 Å². The molecule has 5 heteroatoms. The standard InChI is InChI=1S/C9H19N3OS/c1-6(9(10)12-13)11-7-4-3-5-8(7)14-2/h6-8,11,13H,3-5H2,1-2H3,(H2,10,12). The zero-order chi connectivity index (χ0) is 10.6. The molecule has 0 aromatic rings. The number of nitrogens with zero attached hydrogens (tertiary/aromatic N) is 1. The van der Waals surface area contributed by atoms with Crippen LogP contribution in [0.25, 0.3) is 0 Å². The van der Waals surface area contributed by atoms with E-state index >= 15 is 0 Å². The van der Waals surface area contributed by atoms with E-state index in [0.29, 0.717) is 11.3 Å². The Morgan fingerprint density at radius 1 is 1.64 bits per heavy atom. The van der Waals surface area contributed by atoms with Crippen molar-refractivity contribution in [1.82, 2.24) is 5.32 Å². The van der Waals surface area contributed by atoms with Gasteiger partial charge in [0.05, 0.1) is 6.04 Å². The van der Waals surface area contributed by atoms with E-state index in [9.17, 15) is 0 Å². The molecule has 3 unspecified atom stereocenters. The second-order valence-corrected chi connectivity index (χ2v) is 4.80. The van der Waals surface area contributed by atoms with E-state index in [0.717, 1.165) is 0 Å². The summed E-state index contributed by atoms with van der Waals surface area (Å²) in [5.41, 5.74) is 5.51. The first-order chi connectivity index (χ1) is 6.69. The van der Waals surface area contributed by atoms with Gasteiger partial charge in [-0.05, 0) is 26.0 Å². The molecule has 14 heavy (non-hydrogen) atoms. The Hall–Kier alpha value is -0.420. The Labute approximate surface area is 89.3 Å². The van der Waals surface area contributed by atoms with Crippen molar-refractivity contribution in [3.8, 4) is 0 Å². The maximum Gasteiger partial charge on any atom is 0.156 e. The Morgan fingerprint density at radius 3 is 2.93 bits per heavy atom. The van der Waals surface area contributed by atoms with Crippen LogP contribution >= 0.6 is 11.8 Å². The zero-order valence-electron chi connectivity index (χ0n) is 8.73. The number of rotatable bonds is 4. The number of nitrogens with one attached hydrogen (secondary N) is 1. The first-order valence-corrected chi connectivity index (χ1v) is 6.24. The molecule has 0 bridgehead atoms. The van der Waals surface area contributed by atoms with Crippen molar-refractivity contribution in [1.29, 1.82) is 0 Å². The predicted molar refractivity (Wildman–Crippen MR) is 60.9 cm³/mol. The summed E-state index contributed by atoms with van der Waals surface area (Å²) < 4.78 is 0. The molecule has 4 nitrogen and oxygen atoms in total. The van der Waals surface area contributed by atoms with Crippen molar-refractivity contribution in [3.63, 3.8) is 0 Å². The van der Waals surface area contributed by atoms with Crippen molar-refractivity contribution >= 4 is 17.6 Å². The second-order valence-electron chi connectivity index (χ2n) is 3.72. The van der Waals surface area contributed by atoms with Crippen LogP contribution in [0, 0.1) is 0 Å². The number of amidine groups is 1. The molecule has 0 aliphatic heterocycles. The molecule has 4 N–H and O–H groups in total. The Morgan fingerprint density at radius 2 is 2.36 bits per heavy atom. The van der Waals surface area contributed by atoms with E-state index in [1.807, 2.05) is 18.7 Å². The maximum atomic E-state index is 8.52. The molecule has 3 atom stereocenters. The Bertz CT molecular complexity index is 210. The van der Waals surface area contributed by atoms with Crippen LogP contribution < -0.4 is 11.1 Å². The number of thioether (sulfide) groups is 1. The fourth-order valence-corrected chi connectivity index (χ4v) is 2.84. The fraction of sp³-hybridized carbons (Fsp3) is 0.889. The van der Waals surface area contributed by atoms with E-state index in [-0.39, 0.29) is 11.9 Å². The molecule has 0 radical (unpaired) electrons. The first-order valence-electron chi connectivity index (χ1n) is 4.95. The summed E-state index contributed by atoms with van der Waals surface area (Å²) in [6.07, 6.45) is 5.86. The van der Waals surface area contributed by atoms with E-state index in [2.05, 4.69) is 16.7 Å². The van der Waals surface area contributed by atoms with Crippen LogP contribution in [0.2, 0.25) is 0 Å². The molecule has 0 heterocycles. The third kappa shape index (κ3) is 2.78. The minimum Gasteiger partial charge on any atom is -0.409 e. The van der Waals surface area contributed by atoms with Gasteiger partial charge in [0, 0.05) is 11.3 Å². The topological polar surface area (TPSA) is 70.6 Å². The van der Waals surface area contributed by atoms with Crippen LogP contribution in [0.1, 0.15) is 26.2 Å². The number of oxime groups is 1. The number of nitrogens with two attached hydrogens (primary N) is 1. The molecular formula is C9H19N3OS. The first kappa shape index (κ1) is 11.7. The average Bonchev–Trinajstić information content (AvgIpc) is 2.63. The molecule has 0 aromatic heterocycles. The van der Waals surface area contributed by atoms with Gasteiger partial charge in [-0.25, -0.2) is 0 Å². The SMILES string of the molecule is CSC1CCCC1NC(C)C(N)=NO. The van der Waals surface area contributed by atoms with Gasteiger partial charge in [-0.3, -0.25) is 0 Å². The summed E-state index contributed by atoms with van der Waals surface area (Å²) >= 11 is 1.90. The highest BCUT2D eigenvalue weighted by atomic mass is 32.2. The molecule has 0 amide bonds. The highest BCUT2D eigenvalue weighted by Gasteiger charge is 2.27. The van der Waals surface area contributed by atoms with E-state index < -0.39 is 0 Å². The van der Waals surface area contributed by atoms with Gasteiger partial charge in [-0.15, -0.1) is 0 Å². The molecule has 1 aliphatic rings. The fourth-order valence-electron chi connectivity index (χ4n) is 1.89. The largest absolute Gasteiger partial charge is 0.409 e. The van der Waals surface area contributed by atoms with Gasteiger partial charge in [0.15, 0.2) is 5.84 Å². The number of hydrogen-bond acceptors (Lipinski definition) is 4. The van der Waals surface area contributed by atoms with Crippen molar-refractivity contribution in [2.45, 2.75) is 43.5 Å². The van der Waals surface area contributed by atoms with Gasteiger partial charge in [0.2, 0.25) is 0 Å². The smallest absolute Gasteiger partial charge is 0.156 e. The minimum absolute atomic E-state index is 0.0438. The van der Waals surface area contributed by atoms with E-state index in [1.165, 1.54) is 19.3 Å². The van der Waals surface area contributed by atoms with Gasteiger partial charge < -0.3 is 16.3 Å². The van der Waals surface area contributed by atoms with E-state index in [1.54, 1.807) is 0 Å². The lowest BCUT2D eigenvalue weighted by Crippen LogP contribution is -2.46. The summed E-state index contributed by atoms with van der Waals surface area (Å²) in [6, 6.07) is 0.457. The Balaban J connectivity index is 2.43. The normalized spacial score (nSPS) is 30.6. The lowest BCUT2D eigenvalue weighted by atomic mass is 10.2. The van der Waals surface area contributed by atoms with Crippen LogP contribution in [0.3, 0.4) is 0 Å². The van der Waals surface area contributed by atoms with Gasteiger partial charge in [0.25, 0.3) is 0 Å². The summed E-state index contributed by atoms with van der Waals surface area (Å²) in [6.45, 7) is 1.92. The lowest BCUT2D eigenvalue weighted by molar-refractivity contribution is 0.314. The molecule has 0 aromatic carbocycles. The summed E-state index contributed by atoms with van der Waals surface area (Å²) in [5, 5.41) is 15.6. The maximum absolute atomic E-state index is 8.52. The van der Waals surface area contributed by atoms with Crippen LogP contribution in [-0.2, 0) is 0 Å². The van der Waals surface area contributed by atoms with Crippen LogP contribution in [0.5, 0.6) is 0 Å². The third-order valence-electron chi connectivity index (χ3n) is 2.78. The average molecular weight is 217 g/mol. The van der Waals surface area contributed by atoms with Crippen molar-refractivity contribution in [3.05, 3.63) is 0 Å². The molecule has 1 rings (SSSR count). The predicted octanol–water partition coefficient (Wildman–Crippen LogP) is 0.995. The van der Waals surface area contributed by atoms with Gasteiger partial charge >= 0.3 is 0 Å². The minimum atomic E-state index is -0.0438. The van der Waals surface area contributed by atoms with Crippen molar-refractivity contribution < 1.29 is 5.21 Å².